The van der Waals surface area contributed by atoms with Gasteiger partial charge in [-0.3, -0.25) is 0 Å². The summed E-state index contributed by atoms with van der Waals surface area (Å²) in [5, 5.41) is 10.7. The van der Waals surface area contributed by atoms with Crippen LogP contribution in [0.4, 0.5) is 0 Å². The van der Waals surface area contributed by atoms with Crippen molar-refractivity contribution in [1.82, 2.24) is 4.98 Å². The molecule has 4 heteroatoms. The Kier molecular flexibility index (Phi) is 4.43. The zero-order chi connectivity index (χ0) is 13.0. The molecule has 0 fully saturated rings. The van der Waals surface area contributed by atoms with Gasteiger partial charge in [-0.05, 0) is 19.4 Å². The molecule has 18 heavy (non-hydrogen) atoms. The molecule has 0 radical (unpaired) electrons. The van der Waals surface area contributed by atoms with Crippen LogP contribution in [-0.4, -0.2) is 15.7 Å². The molecule has 1 aromatic heterocycles. The molecule has 0 aliphatic heterocycles. The average molecular weight is 279 g/mol. The molecule has 0 aliphatic rings. The zero-order valence-corrected chi connectivity index (χ0v) is 12.2. The predicted molar refractivity (Wildman–Crippen MR) is 78.1 cm³/mol. The minimum absolute atomic E-state index is 0.615. The first-order chi connectivity index (χ1) is 8.53. The van der Waals surface area contributed by atoms with Gasteiger partial charge in [-0.2, -0.15) is 0 Å². The summed E-state index contributed by atoms with van der Waals surface area (Å²) in [6.45, 7) is 3.62. The summed E-state index contributed by atoms with van der Waals surface area (Å²) in [5.41, 5.74) is 0.638. The van der Waals surface area contributed by atoms with Gasteiger partial charge < -0.3 is 5.11 Å². The van der Waals surface area contributed by atoms with Crippen LogP contribution in [0.2, 0.25) is 0 Å². The zero-order valence-electron chi connectivity index (χ0n) is 10.6. The largest absolute Gasteiger partial charge is 0.390 e. The molecular formula is C14H17NOS2. The van der Waals surface area contributed by atoms with E-state index in [1.165, 1.54) is 9.77 Å². The number of aliphatic hydroxyl groups is 1. The van der Waals surface area contributed by atoms with Crippen LogP contribution in [0, 0.1) is 0 Å². The second-order valence-corrected chi connectivity index (χ2v) is 7.23. The summed E-state index contributed by atoms with van der Waals surface area (Å²) in [7, 11) is 0. The highest BCUT2D eigenvalue weighted by atomic mass is 32.2. The first kappa shape index (κ1) is 13.6. The minimum atomic E-state index is -0.681. The number of aromatic nitrogens is 1. The second kappa shape index (κ2) is 5.87. The molecular weight excluding hydrogens is 262 g/mol. The van der Waals surface area contributed by atoms with Crippen LogP contribution in [-0.2, 0) is 12.2 Å². The van der Waals surface area contributed by atoms with Crippen LogP contribution in [0.25, 0.3) is 0 Å². The Balaban J connectivity index is 1.91. The van der Waals surface area contributed by atoms with Crippen LogP contribution in [0.1, 0.15) is 24.4 Å². The smallest absolute Gasteiger partial charge is 0.0965 e. The Morgan fingerprint density at radius 2 is 2.00 bits per heavy atom. The van der Waals surface area contributed by atoms with Gasteiger partial charge in [0.15, 0.2) is 0 Å². The molecule has 2 aromatic rings. The third kappa shape index (κ3) is 4.44. The molecule has 2 nitrogen and oxygen atoms in total. The number of nitrogens with zero attached hydrogens (tertiary/aromatic N) is 1. The molecule has 0 spiro atoms. The Labute approximate surface area is 116 Å². The van der Waals surface area contributed by atoms with E-state index < -0.39 is 5.60 Å². The van der Waals surface area contributed by atoms with E-state index in [1.54, 1.807) is 23.1 Å². The molecule has 2 rings (SSSR count). The summed E-state index contributed by atoms with van der Waals surface area (Å²) < 4.78 is 1.21. The van der Waals surface area contributed by atoms with Gasteiger partial charge in [0, 0.05) is 12.2 Å². The minimum Gasteiger partial charge on any atom is -0.390 e. The molecule has 0 aliphatic carbocycles. The highest BCUT2D eigenvalue weighted by Gasteiger charge is 2.16. The molecule has 96 valence electrons. The van der Waals surface area contributed by atoms with Crippen LogP contribution >= 0.6 is 23.1 Å². The third-order valence-corrected chi connectivity index (χ3v) is 4.60. The molecule has 0 amide bonds. The van der Waals surface area contributed by atoms with Gasteiger partial charge in [-0.15, -0.1) is 23.1 Å². The molecule has 1 heterocycles. The fraction of sp³-hybridized carbons (Fsp3) is 0.357. The van der Waals surface area contributed by atoms with Crippen molar-refractivity contribution in [2.45, 2.75) is 35.8 Å². The molecule has 1 N–H and O–H groups in total. The van der Waals surface area contributed by atoms with Crippen molar-refractivity contribution in [1.29, 1.82) is 0 Å². The van der Waals surface area contributed by atoms with Gasteiger partial charge >= 0.3 is 0 Å². The molecule has 0 saturated carbocycles. The van der Waals surface area contributed by atoms with Crippen LogP contribution in [0.3, 0.4) is 0 Å². The lowest BCUT2D eigenvalue weighted by Gasteiger charge is -2.14. The topological polar surface area (TPSA) is 33.1 Å². The van der Waals surface area contributed by atoms with E-state index in [0.717, 1.165) is 10.8 Å². The lowest BCUT2D eigenvalue weighted by atomic mass is 10.1. The van der Waals surface area contributed by atoms with Crippen molar-refractivity contribution in [2.24, 2.45) is 0 Å². The Morgan fingerprint density at radius 3 is 2.67 bits per heavy atom. The van der Waals surface area contributed by atoms with Crippen LogP contribution in [0.15, 0.2) is 40.7 Å². The van der Waals surface area contributed by atoms with Crippen molar-refractivity contribution >= 4 is 23.1 Å². The van der Waals surface area contributed by atoms with E-state index in [1.807, 2.05) is 26.1 Å². The molecule has 0 bridgehead atoms. The molecule has 0 saturated heterocycles. The fourth-order valence-electron chi connectivity index (χ4n) is 1.54. The summed E-state index contributed by atoms with van der Waals surface area (Å²) in [6.07, 6.45) is 2.52. The van der Waals surface area contributed by atoms with Gasteiger partial charge in [0.05, 0.1) is 21.0 Å². The van der Waals surface area contributed by atoms with Crippen molar-refractivity contribution in [3.8, 4) is 0 Å². The van der Waals surface area contributed by atoms with Gasteiger partial charge in [0.25, 0.3) is 0 Å². The van der Waals surface area contributed by atoms with Crippen molar-refractivity contribution in [3.05, 3.63) is 47.1 Å². The highest BCUT2D eigenvalue weighted by Crippen LogP contribution is 2.29. The monoisotopic (exact) mass is 279 g/mol. The third-order valence-electron chi connectivity index (χ3n) is 2.34. The van der Waals surface area contributed by atoms with Gasteiger partial charge in [0.1, 0.15) is 0 Å². The predicted octanol–water partition coefficient (Wildman–Crippen LogP) is 3.75. The van der Waals surface area contributed by atoms with Gasteiger partial charge in [-0.25, -0.2) is 4.98 Å². The molecule has 0 atom stereocenters. The number of rotatable bonds is 5. The van der Waals surface area contributed by atoms with Gasteiger partial charge in [0.2, 0.25) is 0 Å². The number of thiazole rings is 1. The highest BCUT2D eigenvalue weighted by molar-refractivity contribution is 8.00. The van der Waals surface area contributed by atoms with E-state index in [4.69, 9.17) is 0 Å². The standard InChI is InChI=1S/C14H17NOS2/c1-14(2,16)8-12-15-9-13(18-12)17-10-11-6-4-3-5-7-11/h3-7,9,16H,8,10H2,1-2H3. The Hall–Kier alpha value is -0.840. The Morgan fingerprint density at radius 1 is 1.28 bits per heavy atom. The maximum absolute atomic E-state index is 9.75. The van der Waals surface area contributed by atoms with Crippen LogP contribution < -0.4 is 0 Å². The lowest BCUT2D eigenvalue weighted by Crippen LogP contribution is -2.21. The fourth-order valence-corrected chi connectivity index (χ4v) is 3.74. The maximum atomic E-state index is 9.75. The Bertz CT molecular complexity index is 488. The summed E-state index contributed by atoms with van der Waals surface area (Å²) >= 11 is 3.47. The molecule has 1 aromatic carbocycles. The second-order valence-electron chi connectivity index (χ2n) is 4.84. The summed E-state index contributed by atoms with van der Waals surface area (Å²) in [6, 6.07) is 10.4. The first-order valence-corrected chi connectivity index (χ1v) is 7.67. The summed E-state index contributed by atoms with van der Waals surface area (Å²) in [5.74, 6) is 0.963. The van der Waals surface area contributed by atoms with Crippen LogP contribution in [0.5, 0.6) is 0 Å². The average Bonchev–Trinajstić information content (AvgIpc) is 2.73. The van der Waals surface area contributed by atoms with E-state index in [0.29, 0.717) is 6.42 Å². The number of thioether (sulfide) groups is 1. The number of hydrogen-bond donors (Lipinski definition) is 1. The SMILES string of the molecule is CC(C)(O)Cc1ncc(SCc2ccccc2)s1. The van der Waals surface area contributed by atoms with E-state index in [-0.39, 0.29) is 0 Å². The number of benzene rings is 1. The normalized spacial score (nSPS) is 11.7. The number of hydrogen-bond acceptors (Lipinski definition) is 4. The maximum Gasteiger partial charge on any atom is 0.0965 e. The molecule has 0 unspecified atom stereocenters. The van der Waals surface area contributed by atoms with Crippen molar-refractivity contribution < 1.29 is 5.11 Å². The summed E-state index contributed by atoms with van der Waals surface area (Å²) in [4.78, 5) is 4.35. The van der Waals surface area contributed by atoms with Gasteiger partial charge in [-0.1, -0.05) is 30.3 Å². The first-order valence-electron chi connectivity index (χ1n) is 5.87. The quantitative estimate of drug-likeness (QED) is 0.846. The van der Waals surface area contributed by atoms with Crippen molar-refractivity contribution in [2.75, 3.05) is 0 Å². The lowest BCUT2D eigenvalue weighted by molar-refractivity contribution is 0.0809. The van der Waals surface area contributed by atoms with E-state index >= 15 is 0 Å². The van der Waals surface area contributed by atoms with Crippen molar-refractivity contribution in [3.63, 3.8) is 0 Å². The van der Waals surface area contributed by atoms with E-state index in [9.17, 15) is 5.11 Å². The van der Waals surface area contributed by atoms with E-state index in [2.05, 4.69) is 29.2 Å².